The van der Waals surface area contributed by atoms with Crippen LogP contribution in [0.3, 0.4) is 0 Å². The third-order valence-electron chi connectivity index (χ3n) is 2.92. The first kappa shape index (κ1) is 10.8. The summed E-state index contributed by atoms with van der Waals surface area (Å²) in [5.41, 5.74) is 10.3. The lowest BCUT2D eigenvalue weighted by atomic mass is 10.1. The Labute approximate surface area is 109 Å². The molecular weight excluding hydrogens is 252 g/mol. The Kier molecular flexibility index (Phi) is 2.65. The van der Waals surface area contributed by atoms with Crippen LogP contribution in [0.1, 0.15) is 21.6 Å². The molecule has 4 heteroatoms. The van der Waals surface area contributed by atoms with Gasteiger partial charge in [0.15, 0.2) is 0 Å². The number of benzene rings is 1. The van der Waals surface area contributed by atoms with Gasteiger partial charge in [0.1, 0.15) is 5.84 Å². The van der Waals surface area contributed by atoms with Gasteiger partial charge in [0.05, 0.1) is 5.69 Å². The van der Waals surface area contributed by atoms with Crippen LogP contribution in [-0.4, -0.2) is 5.84 Å². The van der Waals surface area contributed by atoms with Gasteiger partial charge in [-0.2, -0.15) is 0 Å². The van der Waals surface area contributed by atoms with Gasteiger partial charge in [-0.25, -0.2) is 4.99 Å². The Hall–Kier alpha value is -1.32. The highest BCUT2D eigenvalue weighted by molar-refractivity contribution is 7.10. The minimum Gasteiger partial charge on any atom is -0.383 e. The number of nitrogens with two attached hydrogens (primary N) is 1. The van der Waals surface area contributed by atoms with Gasteiger partial charge in [-0.3, -0.25) is 0 Å². The summed E-state index contributed by atoms with van der Waals surface area (Å²) in [6, 6.07) is 8.20. The average molecular weight is 263 g/mol. The second-order valence-electron chi connectivity index (χ2n) is 4.03. The van der Waals surface area contributed by atoms with E-state index in [9.17, 15) is 0 Å². The standard InChI is InChI=1S/C13H11ClN2S/c14-7-8-1-2-9-6-12-10(3-4-17-12)13(15)16-11(9)5-8/h1-5H,6-7H2,(H2,15,16). The highest BCUT2D eigenvalue weighted by Crippen LogP contribution is 2.31. The van der Waals surface area contributed by atoms with E-state index in [-0.39, 0.29) is 0 Å². The Morgan fingerprint density at radius 3 is 3.06 bits per heavy atom. The third-order valence-corrected chi connectivity index (χ3v) is 4.15. The summed E-state index contributed by atoms with van der Waals surface area (Å²) in [6.45, 7) is 0. The first-order valence-electron chi connectivity index (χ1n) is 5.36. The number of thiophene rings is 1. The predicted molar refractivity (Wildman–Crippen MR) is 73.5 cm³/mol. The fraction of sp³-hybridized carbons (Fsp3) is 0.154. The lowest BCUT2D eigenvalue weighted by Gasteiger charge is -2.04. The molecule has 17 heavy (non-hydrogen) atoms. The van der Waals surface area contributed by atoms with Crippen molar-refractivity contribution in [3.8, 4) is 0 Å². The molecule has 2 N–H and O–H groups in total. The molecule has 0 radical (unpaired) electrons. The van der Waals surface area contributed by atoms with Crippen molar-refractivity contribution in [3.05, 3.63) is 51.2 Å². The average Bonchev–Trinajstić information content (AvgIpc) is 2.75. The van der Waals surface area contributed by atoms with Gasteiger partial charge in [0, 0.05) is 22.7 Å². The van der Waals surface area contributed by atoms with E-state index in [0.717, 1.165) is 23.2 Å². The summed E-state index contributed by atoms with van der Waals surface area (Å²) in [4.78, 5) is 5.79. The van der Waals surface area contributed by atoms with E-state index in [1.807, 2.05) is 12.1 Å². The molecule has 1 aliphatic heterocycles. The van der Waals surface area contributed by atoms with Gasteiger partial charge in [0.25, 0.3) is 0 Å². The molecule has 0 saturated heterocycles. The van der Waals surface area contributed by atoms with Crippen LogP contribution in [0, 0.1) is 0 Å². The summed E-state index contributed by atoms with van der Waals surface area (Å²) in [7, 11) is 0. The van der Waals surface area contributed by atoms with E-state index in [1.165, 1.54) is 10.4 Å². The van der Waals surface area contributed by atoms with E-state index in [4.69, 9.17) is 17.3 Å². The zero-order valence-electron chi connectivity index (χ0n) is 9.11. The SMILES string of the molecule is NC1=Nc2cc(CCl)ccc2Cc2sccc21. The molecule has 0 fully saturated rings. The van der Waals surface area contributed by atoms with Gasteiger partial charge < -0.3 is 5.73 Å². The Morgan fingerprint density at radius 2 is 2.24 bits per heavy atom. The maximum Gasteiger partial charge on any atom is 0.132 e. The highest BCUT2D eigenvalue weighted by atomic mass is 35.5. The molecule has 2 nitrogen and oxygen atoms in total. The lowest BCUT2D eigenvalue weighted by Crippen LogP contribution is -2.12. The number of rotatable bonds is 1. The molecule has 1 aliphatic rings. The molecule has 0 saturated carbocycles. The third kappa shape index (κ3) is 1.85. The van der Waals surface area contributed by atoms with Crippen LogP contribution in [0.15, 0.2) is 34.6 Å². The molecule has 0 atom stereocenters. The largest absolute Gasteiger partial charge is 0.383 e. The van der Waals surface area contributed by atoms with Crippen LogP contribution < -0.4 is 5.73 Å². The van der Waals surface area contributed by atoms with E-state index >= 15 is 0 Å². The summed E-state index contributed by atoms with van der Waals surface area (Å²) >= 11 is 7.57. The maximum absolute atomic E-state index is 6.02. The minimum atomic E-state index is 0.504. The van der Waals surface area contributed by atoms with Gasteiger partial charge in [-0.05, 0) is 28.6 Å². The van der Waals surface area contributed by atoms with Crippen LogP contribution >= 0.6 is 22.9 Å². The van der Waals surface area contributed by atoms with Crippen LogP contribution in [0.25, 0.3) is 0 Å². The molecule has 1 aromatic heterocycles. The van der Waals surface area contributed by atoms with Crippen molar-refractivity contribution in [2.75, 3.05) is 0 Å². The van der Waals surface area contributed by atoms with Crippen molar-refractivity contribution < 1.29 is 0 Å². The van der Waals surface area contributed by atoms with Gasteiger partial charge in [-0.1, -0.05) is 12.1 Å². The van der Waals surface area contributed by atoms with Crippen LogP contribution in [-0.2, 0) is 12.3 Å². The fourth-order valence-corrected chi connectivity index (χ4v) is 3.09. The van der Waals surface area contributed by atoms with Gasteiger partial charge >= 0.3 is 0 Å². The molecule has 2 heterocycles. The number of halogens is 1. The summed E-state index contributed by atoms with van der Waals surface area (Å²) in [6.07, 6.45) is 0.898. The number of amidine groups is 1. The molecular formula is C13H11ClN2S. The van der Waals surface area contributed by atoms with E-state index < -0.39 is 0 Å². The zero-order chi connectivity index (χ0) is 11.8. The second kappa shape index (κ2) is 4.17. The smallest absolute Gasteiger partial charge is 0.132 e. The number of fused-ring (bicyclic) bond motifs is 2. The van der Waals surface area contributed by atoms with Crippen molar-refractivity contribution in [1.29, 1.82) is 0 Å². The number of nitrogens with zero attached hydrogens (tertiary/aromatic N) is 1. The number of aliphatic imine (C=N–C) groups is 1. The van der Waals surface area contributed by atoms with E-state index in [2.05, 4.69) is 22.5 Å². The van der Waals surface area contributed by atoms with E-state index in [1.54, 1.807) is 11.3 Å². The molecule has 2 aromatic rings. The van der Waals surface area contributed by atoms with Crippen molar-refractivity contribution in [2.24, 2.45) is 10.7 Å². The lowest BCUT2D eigenvalue weighted by molar-refractivity contribution is 1.22. The minimum absolute atomic E-state index is 0.504. The second-order valence-corrected chi connectivity index (χ2v) is 5.30. The van der Waals surface area contributed by atoms with Crippen LogP contribution in [0.5, 0.6) is 0 Å². The highest BCUT2D eigenvalue weighted by Gasteiger charge is 2.15. The number of hydrogen-bond donors (Lipinski definition) is 1. The maximum atomic E-state index is 6.02. The van der Waals surface area contributed by atoms with Crippen LogP contribution in [0.2, 0.25) is 0 Å². The van der Waals surface area contributed by atoms with Crippen molar-refractivity contribution in [3.63, 3.8) is 0 Å². The first-order chi connectivity index (χ1) is 8.28. The van der Waals surface area contributed by atoms with Crippen molar-refractivity contribution in [2.45, 2.75) is 12.3 Å². The quantitative estimate of drug-likeness (QED) is 0.786. The van der Waals surface area contributed by atoms with Crippen molar-refractivity contribution >= 4 is 34.5 Å². The molecule has 0 unspecified atom stereocenters. The summed E-state index contributed by atoms with van der Waals surface area (Å²) < 4.78 is 0. The first-order valence-corrected chi connectivity index (χ1v) is 6.78. The molecule has 0 spiro atoms. The van der Waals surface area contributed by atoms with Gasteiger partial charge in [0.2, 0.25) is 0 Å². The van der Waals surface area contributed by atoms with Crippen LogP contribution in [0.4, 0.5) is 5.69 Å². The molecule has 3 rings (SSSR count). The topological polar surface area (TPSA) is 38.4 Å². The molecule has 0 bridgehead atoms. The molecule has 0 aliphatic carbocycles. The summed E-state index contributed by atoms with van der Waals surface area (Å²) in [5, 5.41) is 2.06. The summed E-state index contributed by atoms with van der Waals surface area (Å²) in [5.74, 6) is 1.11. The number of alkyl halides is 1. The predicted octanol–water partition coefficient (Wildman–Crippen LogP) is 3.43. The molecule has 1 aromatic carbocycles. The van der Waals surface area contributed by atoms with Crippen molar-refractivity contribution in [1.82, 2.24) is 0 Å². The Balaban J connectivity index is 2.17. The molecule has 86 valence electrons. The van der Waals surface area contributed by atoms with Gasteiger partial charge in [-0.15, -0.1) is 22.9 Å². The Morgan fingerprint density at radius 1 is 1.35 bits per heavy atom. The molecule has 0 amide bonds. The normalized spacial score (nSPS) is 13.6. The fourth-order valence-electron chi connectivity index (χ4n) is 2.01. The number of hydrogen-bond acceptors (Lipinski definition) is 3. The Bertz CT molecular complexity index is 601. The zero-order valence-corrected chi connectivity index (χ0v) is 10.7. The van der Waals surface area contributed by atoms with E-state index in [0.29, 0.717) is 11.7 Å². The monoisotopic (exact) mass is 262 g/mol.